The number of likely N-dealkylation sites (tertiary alicyclic amines) is 1. The monoisotopic (exact) mass is 342 g/mol. The number of hydrogen-bond acceptors (Lipinski definition) is 5. The van der Waals surface area contributed by atoms with Crippen LogP contribution in [0.3, 0.4) is 0 Å². The van der Waals surface area contributed by atoms with Crippen molar-refractivity contribution >= 4 is 11.8 Å². The van der Waals surface area contributed by atoms with E-state index in [0.717, 1.165) is 44.7 Å². The summed E-state index contributed by atoms with van der Waals surface area (Å²) in [5.41, 5.74) is 7.81. The van der Waals surface area contributed by atoms with E-state index in [4.69, 9.17) is 10.5 Å². The van der Waals surface area contributed by atoms with Gasteiger partial charge in [0.1, 0.15) is 11.6 Å². The molecule has 0 bridgehead atoms. The van der Waals surface area contributed by atoms with Crippen LogP contribution in [0.5, 0.6) is 0 Å². The standard InChI is InChI=1S/C19H26N4O2/c1-3-16-21-17(19(24)25-2)18(20)23(16)15-9-11-22(12-10-15)13-14-7-5-4-6-8-14/h4-8,15H,3,9-13,20H2,1-2H3. The van der Waals surface area contributed by atoms with E-state index in [9.17, 15) is 4.79 Å². The van der Waals surface area contributed by atoms with Crippen LogP contribution in [0, 0.1) is 0 Å². The number of ether oxygens (including phenoxy) is 1. The fraction of sp³-hybridized carbons (Fsp3) is 0.474. The number of rotatable bonds is 5. The van der Waals surface area contributed by atoms with Gasteiger partial charge in [0.25, 0.3) is 0 Å². The van der Waals surface area contributed by atoms with Crippen molar-refractivity contribution in [2.45, 2.75) is 38.8 Å². The molecule has 3 rings (SSSR count). The molecule has 0 unspecified atom stereocenters. The van der Waals surface area contributed by atoms with Gasteiger partial charge in [0.05, 0.1) is 7.11 Å². The van der Waals surface area contributed by atoms with Gasteiger partial charge in [-0.3, -0.25) is 4.90 Å². The number of anilines is 1. The van der Waals surface area contributed by atoms with Crippen molar-refractivity contribution in [2.24, 2.45) is 0 Å². The van der Waals surface area contributed by atoms with Crippen LogP contribution in [-0.2, 0) is 17.7 Å². The number of imidazole rings is 1. The van der Waals surface area contributed by atoms with Crippen LogP contribution in [0.25, 0.3) is 0 Å². The van der Waals surface area contributed by atoms with Gasteiger partial charge in [0.15, 0.2) is 5.69 Å². The van der Waals surface area contributed by atoms with E-state index in [1.807, 2.05) is 17.6 Å². The molecule has 2 aromatic rings. The number of esters is 1. The van der Waals surface area contributed by atoms with Gasteiger partial charge in [-0.15, -0.1) is 0 Å². The zero-order chi connectivity index (χ0) is 17.8. The maximum absolute atomic E-state index is 11.9. The Morgan fingerprint density at radius 3 is 2.56 bits per heavy atom. The van der Waals surface area contributed by atoms with Crippen molar-refractivity contribution < 1.29 is 9.53 Å². The Labute approximate surface area is 148 Å². The predicted molar refractivity (Wildman–Crippen MR) is 97.3 cm³/mol. The summed E-state index contributed by atoms with van der Waals surface area (Å²) in [6.45, 7) is 5.02. The first-order valence-electron chi connectivity index (χ1n) is 8.85. The molecule has 0 radical (unpaired) electrons. The van der Waals surface area contributed by atoms with Gasteiger partial charge in [-0.1, -0.05) is 37.3 Å². The van der Waals surface area contributed by atoms with Crippen LogP contribution in [-0.4, -0.2) is 40.6 Å². The quantitative estimate of drug-likeness (QED) is 0.846. The van der Waals surface area contributed by atoms with Crippen LogP contribution in [0.1, 0.15) is 47.7 Å². The number of benzene rings is 1. The molecule has 25 heavy (non-hydrogen) atoms. The summed E-state index contributed by atoms with van der Waals surface area (Å²) in [7, 11) is 1.36. The number of hydrogen-bond donors (Lipinski definition) is 1. The Kier molecular flexibility index (Phi) is 5.38. The molecule has 1 saturated heterocycles. The number of nitrogen functional groups attached to an aromatic ring is 1. The van der Waals surface area contributed by atoms with Crippen molar-refractivity contribution in [3.63, 3.8) is 0 Å². The molecule has 1 aliphatic heterocycles. The summed E-state index contributed by atoms with van der Waals surface area (Å²) < 4.78 is 6.85. The Bertz CT molecular complexity index is 719. The number of nitrogens with zero attached hydrogens (tertiary/aromatic N) is 3. The fourth-order valence-corrected chi connectivity index (χ4v) is 3.57. The second-order valence-electron chi connectivity index (χ2n) is 6.47. The van der Waals surface area contributed by atoms with Crippen LogP contribution in [0.15, 0.2) is 30.3 Å². The minimum atomic E-state index is -0.465. The maximum atomic E-state index is 11.9. The first-order valence-corrected chi connectivity index (χ1v) is 8.85. The molecule has 0 spiro atoms. The summed E-state index contributed by atoms with van der Waals surface area (Å²) in [5, 5.41) is 0. The average molecular weight is 342 g/mol. The highest BCUT2D eigenvalue weighted by molar-refractivity contribution is 5.92. The number of carbonyl (C=O) groups is 1. The van der Waals surface area contributed by atoms with E-state index >= 15 is 0 Å². The molecule has 2 heterocycles. The lowest BCUT2D eigenvalue weighted by molar-refractivity contribution is 0.0595. The average Bonchev–Trinajstić information content (AvgIpc) is 2.99. The van der Waals surface area contributed by atoms with Gasteiger partial charge in [-0.2, -0.15) is 0 Å². The molecule has 0 saturated carbocycles. The molecule has 2 N–H and O–H groups in total. The minimum absolute atomic E-state index is 0.242. The Hall–Kier alpha value is -2.34. The molecular formula is C19H26N4O2. The highest BCUT2D eigenvalue weighted by atomic mass is 16.5. The SMILES string of the molecule is CCc1nc(C(=O)OC)c(N)n1C1CCN(Cc2ccccc2)CC1. The number of aromatic nitrogens is 2. The lowest BCUT2D eigenvalue weighted by Crippen LogP contribution is -2.35. The first kappa shape index (κ1) is 17.5. The van der Waals surface area contributed by atoms with E-state index in [2.05, 4.69) is 34.1 Å². The lowest BCUT2D eigenvalue weighted by Gasteiger charge is -2.33. The summed E-state index contributed by atoms with van der Waals surface area (Å²) >= 11 is 0. The second kappa shape index (κ2) is 7.70. The van der Waals surface area contributed by atoms with Gasteiger partial charge in [0.2, 0.25) is 0 Å². The van der Waals surface area contributed by atoms with Crippen molar-refractivity contribution in [1.82, 2.24) is 14.5 Å². The summed E-state index contributed by atoms with van der Waals surface area (Å²) in [4.78, 5) is 18.7. The highest BCUT2D eigenvalue weighted by Gasteiger charge is 2.27. The van der Waals surface area contributed by atoms with E-state index in [1.165, 1.54) is 12.7 Å². The predicted octanol–water partition coefficient (Wildman–Crippen LogP) is 2.65. The number of carbonyl (C=O) groups excluding carboxylic acids is 1. The molecule has 1 aromatic carbocycles. The normalized spacial score (nSPS) is 16.1. The highest BCUT2D eigenvalue weighted by Crippen LogP contribution is 2.30. The molecule has 0 amide bonds. The second-order valence-corrected chi connectivity index (χ2v) is 6.47. The molecule has 6 heteroatoms. The smallest absolute Gasteiger partial charge is 0.360 e. The molecule has 134 valence electrons. The van der Waals surface area contributed by atoms with Gasteiger partial charge in [0, 0.05) is 32.1 Å². The summed E-state index contributed by atoms with van der Waals surface area (Å²) in [5.74, 6) is 0.831. The van der Waals surface area contributed by atoms with Crippen LogP contribution < -0.4 is 5.73 Å². The third kappa shape index (κ3) is 3.69. The Morgan fingerprint density at radius 1 is 1.28 bits per heavy atom. The molecular weight excluding hydrogens is 316 g/mol. The lowest BCUT2D eigenvalue weighted by atomic mass is 10.0. The summed E-state index contributed by atoms with van der Waals surface area (Å²) in [6.07, 6.45) is 2.74. The zero-order valence-corrected chi connectivity index (χ0v) is 14.9. The van der Waals surface area contributed by atoms with Crippen LogP contribution in [0.2, 0.25) is 0 Å². The van der Waals surface area contributed by atoms with Gasteiger partial charge >= 0.3 is 5.97 Å². The molecule has 1 fully saturated rings. The number of aryl methyl sites for hydroxylation is 1. The van der Waals surface area contributed by atoms with E-state index < -0.39 is 5.97 Å². The third-order valence-electron chi connectivity index (χ3n) is 4.89. The van der Waals surface area contributed by atoms with E-state index in [0.29, 0.717) is 5.82 Å². The Morgan fingerprint density at radius 2 is 1.96 bits per heavy atom. The molecule has 6 nitrogen and oxygen atoms in total. The van der Waals surface area contributed by atoms with Gasteiger partial charge in [-0.25, -0.2) is 9.78 Å². The largest absolute Gasteiger partial charge is 0.464 e. The summed E-state index contributed by atoms with van der Waals surface area (Å²) in [6, 6.07) is 10.8. The third-order valence-corrected chi connectivity index (χ3v) is 4.89. The van der Waals surface area contributed by atoms with Gasteiger partial charge in [-0.05, 0) is 18.4 Å². The Balaban J connectivity index is 1.70. The molecule has 1 aliphatic rings. The molecule has 0 aliphatic carbocycles. The van der Waals surface area contributed by atoms with E-state index in [1.54, 1.807) is 0 Å². The van der Waals surface area contributed by atoms with Crippen LogP contribution in [0.4, 0.5) is 5.82 Å². The van der Waals surface area contributed by atoms with Crippen molar-refractivity contribution in [3.05, 3.63) is 47.4 Å². The maximum Gasteiger partial charge on any atom is 0.360 e. The first-order chi connectivity index (χ1) is 12.1. The van der Waals surface area contributed by atoms with E-state index in [-0.39, 0.29) is 11.7 Å². The topological polar surface area (TPSA) is 73.4 Å². The fourth-order valence-electron chi connectivity index (χ4n) is 3.57. The van der Waals surface area contributed by atoms with Crippen molar-refractivity contribution in [1.29, 1.82) is 0 Å². The molecule has 1 aromatic heterocycles. The number of piperidine rings is 1. The van der Waals surface area contributed by atoms with Crippen molar-refractivity contribution in [3.8, 4) is 0 Å². The minimum Gasteiger partial charge on any atom is -0.464 e. The van der Waals surface area contributed by atoms with Crippen molar-refractivity contribution in [2.75, 3.05) is 25.9 Å². The van der Waals surface area contributed by atoms with Crippen LogP contribution >= 0.6 is 0 Å². The van der Waals surface area contributed by atoms with Gasteiger partial charge < -0.3 is 15.0 Å². The number of nitrogens with two attached hydrogens (primary N) is 1. The zero-order valence-electron chi connectivity index (χ0n) is 14.9. The number of methoxy groups -OCH3 is 1. The molecule has 0 atom stereocenters.